The molecule has 4 nitrogen and oxygen atoms in total. The second-order valence-electron chi connectivity index (χ2n) is 1.74. The third-order valence-electron chi connectivity index (χ3n) is 0.0861. The Morgan fingerprint density at radius 2 is 1.18 bits per heavy atom. The van der Waals surface area contributed by atoms with Gasteiger partial charge in [-0.05, 0) is 0 Å². The lowest BCUT2D eigenvalue weighted by Gasteiger charge is -1.48. The summed E-state index contributed by atoms with van der Waals surface area (Å²) in [6.45, 7) is 8.50. The van der Waals surface area contributed by atoms with E-state index >= 15 is 0 Å². The molecule has 0 unspecified atom stereocenters. The highest BCUT2D eigenvalue weighted by Crippen LogP contribution is 1.56. The first-order valence-corrected chi connectivity index (χ1v) is 4.63. The van der Waals surface area contributed by atoms with Crippen LogP contribution in [0.5, 0.6) is 0 Å². The van der Waals surface area contributed by atoms with Crippen LogP contribution in [0.1, 0.15) is 40.5 Å². The van der Waals surface area contributed by atoms with Crippen molar-refractivity contribution in [2.75, 3.05) is 0 Å². The molecule has 0 aromatic carbocycles. The Labute approximate surface area is 70.5 Å². The molecule has 0 aliphatic rings. The van der Waals surface area contributed by atoms with Crippen molar-refractivity contribution in [2.24, 2.45) is 10.3 Å². The van der Waals surface area contributed by atoms with Gasteiger partial charge in [0.25, 0.3) is 0 Å². The van der Waals surface area contributed by atoms with E-state index in [1.165, 1.54) is 12.8 Å². The Hall–Kier alpha value is -0.420. The van der Waals surface area contributed by atoms with Gasteiger partial charge < -0.3 is 0 Å². The summed E-state index contributed by atoms with van der Waals surface area (Å²) >= 11 is 0. The van der Waals surface area contributed by atoms with E-state index in [1.807, 2.05) is 0 Å². The first-order chi connectivity index (χ1) is 5.10. The van der Waals surface area contributed by atoms with Gasteiger partial charge in [0.1, 0.15) is 0 Å². The van der Waals surface area contributed by atoms with Crippen LogP contribution in [0.4, 0.5) is 0 Å². The highest BCUT2D eigenvalue weighted by Gasteiger charge is 1.47. The van der Waals surface area contributed by atoms with Crippen LogP contribution in [0, 0.1) is 0 Å². The van der Waals surface area contributed by atoms with E-state index in [1.54, 1.807) is 0 Å². The van der Waals surface area contributed by atoms with Crippen LogP contribution in [-0.4, -0.2) is 8.42 Å². The normalized spacial score (nSPS) is 6.27. The minimum absolute atomic E-state index is 1.25. The van der Waals surface area contributed by atoms with E-state index in [0.717, 1.165) is 0 Å². The summed E-state index contributed by atoms with van der Waals surface area (Å²) in [7, 11) is -2.42. The van der Waals surface area contributed by atoms with Crippen LogP contribution in [-0.2, 0) is 10.5 Å². The molecule has 0 aromatic heterocycles. The van der Waals surface area contributed by atoms with Crippen LogP contribution in [0.2, 0.25) is 0 Å². The van der Waals surface area contributed by atoms with Crippen molar-refractivity contribution in [1.29, 1.82) is 0 Å². The van der Waals surface area contributed by atoms with Crippen molar-refractivity contribution >= 4 is 10.5 Å². The van der Waals surface area contributed by atoms with Gasteiger partial charge in [-0.1, -0.05) is 45.0 Å². The van der Waals surface area contributed by atoms with E-state index in [2.05, 4.69) is 38.0 Å². The zero-order valence-corrected chi connectivity index (χ0v) is 8.48. The van der Waals surface area contributed by atoms with E-state index < -0.39 is 10.5 Å². The predicted molar refractivity (Wildman–Crippen MR) is 47.5 cm³/mol. The molecule has 0 saturated carbocycles. The Kier molecular flexibility index (Phi) is 34.8. The number of rotatable bonds is 0. The molecule has 0 radical (unpaired) electrons. The Balaban J connectivity index is -0.0000000933. The summed E-state index contributed by atoms with van der Waals surface area (Å²) in [5, 5.41) is 0. The number of nitrogens with zero attached hydrogens (tertiary/aromatic N) is 1. The fourth-order valence-corrected chi connectivity index (χ4v) is 0. The summed E-state index contributed by atoms with van der Waals surface area (Å²) in [5.41, 5.74) is 0. The molecule has 0 fully saturated rings. The number of hydrogen-bond acceptors (Lipinski definition) is 3. The second kappa shape index (κ2) is 22.7. The molecule has 0 amide bonds. The summed E-state index contributed by atoms with van der Waals surface area (Å²) < 4.78 is 20.5. The van der Waals surface area contributed by atoms with Gasteiger partial charge in [-0.3, -0.25) is 0 Å². The van der Waals surface area contributed by atoms with E-state index in [9.17, 15) is 0 Å². The summed E-state index contributed by atoms with van der Waals surface area (Å²) in [6.07, 6.45) is 2.50. The van der Waals surface area contributed by atoms with Crippen molar-refractivity contribution < 1.29 is 8.42 Å². The molecule has 11 heavy (non-hydrogen) atoms. The lowest BCUT2D eigenvalue weighted by Crippen LogP contribution is -1.73. The molecule has 0 spiro atoms. The maximum absolute atomic E-state index is 9.08. The van der Waals surface area contributed by atoms with Gasteiger partial charge in [0.15, 0.2) is 0 Å². The summed E-state index contributed by atoms with van der Waals surface area (Å²) in [4.78, 5) is 0. The largest absolute Gasteiger partial charge is 0.327 e. The van der Waals surface area contributed by atoms with Crippen LogP contribution in [0.15, 0.2) is 4.47 Å². The van der Waals surface area contributed by atoms with Crippen molar-refractivity contribution in [3.63, 3.8) is 0 Å². The smallest absolute Gasteiger partial charge is 0.212 e. The lowest BCUT2D eigenvalue weighted by atomic mass is 10.6. The monoisotopic (exact) mass is 182 g/mol. The van der Waals surface area contributed by atoms with Gasteiger partial charge in [-0.15, -0.1) is 0 Å². The van der Waals surface area contributed by atoms with Gasteiger partial charge >= 0.3 is 10.5 Å². The van der Waals surface area contributed by atoms with E-state index in [4.69, 9.17) is 8.42 Å². The SMILES string of the molecule is CCC.CCC.NN=S(=O)=O. The fraction of sp³-hybridized carbons (Fsp3) is 1.00. The molecule has 0 aliphatic heterocycles. The Morgan fingerprint density at radius 3 is 1.18 bits per heavy atom. The van der Waals surface area contributed by atoms with Crippen molar-refractivity contribution in [3.8, 4) is 0 Å². The maximum Gasteiger partial charge on any atom is 0.327 e. The molecule has 0 aromatic rings. The summed E-state index contributed by atoms with van der Waals surface area (Å²) in [6, 6.07) is 0. The molecular weight excluding hydrogens is 164 g/mol. The van der Waals surface area contributed by atoms with Gasteiger partial charge in [0.05, 0.1) is 0 Å². The van der Waals surface area contributed by atoms with Crippen LogP contribution in [0.25, 0.3) is 0 Å². The minimum atomic E-state index is -2.42. The molecule has 0 saturated heterocycles. The Morgan fingerprint density at radius 1 is 1.09 bits per heavy atom. The third kappa shape index (κ3) is 220. The molecular formula is C6H18N2O2S. The highest BCUT2D eigenvalue weighted by molar-refractivity contribution is 7.61. The van der Waals surface area contributed by atoms with Crippen LogP contribution < -0.4 is 5.84 Å². The molecule has 0 atom stereocenters. The zero-order chi connectivity index (χ0) is 9.70. The predicted octanol–water partition coefficient (Wildman–Crippen LogP) is 1.76. The first-order valence-electron chi connectivity index (χ1n) is 3.60. The van der Waals surface area contributed by atoms with Crippen molar-refractivity contribution in [2.45, 2.75) is 40.5 Å². The topological polar surface area (TPSA) is 72.5 Å². The van der Waals surface area contributed by atoms with Crippen molar-refractivity contribution in [3.05, 3.63) is 0 Å². The highest BCUT2D eigenvalue weighted by atomic mass is 32.2. The standard InChI is InChI=1S/2C3H8.H2N2O2S/c2*1-3-2;1-2-5(3)4/h2*3H2,1-2H3;1H2. The lowest BCUT2D eigenvalue weighted by molar-refractivity contribution is 0.620. The second-order valence-corrected chi connectivity index (χ2v) is 2.38. The molecule has 0 rings (SSSR count). The molecule has 0 heterocycles. The Bertz CT molecular complexity index is 142. The van der Waals surface area contributed by atoms with Gasteiger partial charge in [0, 0.05) is 0 Å². The average Bonchev–Trinajstić information content (AvgIpc) is 1.91. The minimum Gasteiger partial charge on any atom is -0.212 e. The molecule has 2 N–H and O–H groups in total. The van der Waals surface area contributed by atoms with Gasteiger partial charge in [-0.25, -0.2) is 5.84 Å². The maximum atomic E-state index is 9.08. The number of nitrogens with two attached hydrogens (primary N) is 1. The molecule has 0 aliphatic carbocycles. The molecule has 5 heteroatoms. The van der Waals surface area contributed by atoms with E-state index in [0.29, 0.717) is 0 Å². The van der Waals surface area contributed by atoms with Gasteiger partial charge in [-0.2, -0.15) is 8.42 Å². The van der Waals surface area contributed by atoms with Crippen molar-refractivity contribution in [1.82, 2.24) is 0 Å². The third-order valence-corrected chi connectivity index (χ3v) is 0.258. The molecule has 70 valence electrons. The summed E-state index contributed by atoms with van der Waals surface area (Å²) in [5.74, 6) is 4.18. The molecule has 0 bridgehead atoms. The van der Waals surface area contributed by atoms with Crippen LogP contribution in [0.3, 0.4) is 0 Å². The van der Waals surface area contributed by atoms with Gasteiger partial charge in [0.2, 0.25) is 0 Å². The van der Waals surface area contributed by atoms with Crippen LogP contribution >= 0.6 is 0 Å². The zero-order valence-electron chi connectivity index (χ0n) is 7.66. The first kappa shape index (κ1) is 16.9. The van der Waals surface area contributed by atoms with E-state index in [-0.39, 0.29) is 0 Å². The quantitative estimate of drug-likeness (QED) is 0.458. The fourth-order valence-electron chi connectivity index (χ4n) is 0. The number of hydrogen-bond donors (Lipinski definition) is 1. The average molecular weight is 182 g/mol.